The van der Waals surface area contributed by atoms with Gasteiger partial charge in [0, 0.05) is 57.5 Å². The quantitative estimate of drug-likeness (QED) is 0.866. The fourth-order valence-corrected chi connectivity index (χ4v) is 3.97. The van der Waals surface area contributed by atoms with Gasteiger partial charge in [0.25, 0.3) is 0 Å². The van der Waals surface area contributed by atoms with Crippen LogP contribution in [0.15, 0.2) is 24.5 Å². The number of rotatable bonds is 5. The molecule has 2 atom stereocenters. The highest BCUT2D eigenvalue weighted by Crippen LogP contribution is 2.31. The lowest BCUT2D eigenvalue weighted by Crippen LogP contribution is -2.57. The second-order valence-electron chi connectivity index (χ2n) is 6.73. The maximum Gasteiger partial charge on any atom is 0.222 e. The molecule has 0 radical (unpaired) electrons. The number of amides is 2. The maximum absolute atomic E-state index is 12.5. The van der Waals surface area contributed by atoms with Gasteiger partial charge in [0.05, 0.1) is 0 Å². The lowest BCUT2D eigenvalue weighted by molar-refractivity contribution is -0.144. The van der Waals surface area contributed by atoms with E-state index in [-0.39, 0.29) is 17.9 Å². The van der Waals surface area contributed by atoms with Crippen LogP contribution in [0.4, 0.5) is 0 Å². The lowest BCUT2D eigenvalue weighted by Gasteiger charge is -2.47. The van der Waals surface area contributed by atoms with Crippen LogP contribution in [0.5, 0.6) is 0 Å². The van der Waals surface area contributed by atoms with Gasteiger partial charge in [-0.15, -0.1) is 0 Å². The SMILES string of the molecule is NCCN1C(=O)CCC2CN(C(=O)CCc3ccncc3)CCC21. The molecule has 0 spiro atoms. The first-order valence-corrected chi connectivity index (χ1v) is 8.85. The molecule has 0 bridgehead atoms. The van der Waals surface area contributed by atoms with E-state index in [4.69, 9.17) is 5.73 Å². The molecule has 2 saturated heterocycles. The van der Waals surface area contributed by atoms with Crippen molar-refractivity contribution in [1.82, 2.24) is 14.8 Å². The summed E-state index contributed by atoms with van der Waals surface area (Å²) in [5, 5.41) is 0. The Morgan fingerprint density at radius 3 is 2.83 bits per heavy atom. The first-order chi connectivity index (χ1) is 11.7. The third-order valence-electron chi connectivity index (χ3n) is 5.24. The molecule has 6 nitrogen and oxygen atoms in total. The van der Waals surface area contributed by atoms with E-state index in [1.54, 1.807) is 12.4 Å². The van der Waals surface area contributed by atoms with Crippen molar-refractivity contribution in [2.75, 3.05) is 26.2 Å². The zero-order chi connectivity index (χ0) is 16.9. The molecule has 0 aliphatic carbocycles. The van der Waals surface area contributed by atoms with E-state index in [0.29, 0.717) is 31.8 Å². The molecule has 1 aromatic rings. The number of piperidine rings is 2. The molecule has 2 aliphatic rings. The smallest absolute Gasteiger partial charge is 0.222 e. The monoisotopic (exact) mass is 330 g/mol. The van der Waals surface area contributed by atoms with Crippen molar-refractivity contribution in [3.05, 3.63) is 30.1 Å². The minimum atomic E-state index is 0.215. The minimum Gasteiger partial charge on any atom is -0.342 e. The number of hydrogen-bond acceptors (Lipinski definition) is 4. The fraction of sp³-hybridized carbons (Fsp3) is 0.611. The highest BCUT2D eigenvalue weighted by atomic mass is 16.2. The van der Waals surface area contributed by atoms with Crippen molar-refractivity contribution >= 4 is 11.8 Å². The van der Waals surface area contributed by atoms with Crippen molar-refractivity contribution in [3.8, 4) is 0 Å². The second-order valence-corrected chi connectivity index (χ2v) is 6.73. The van der Waals surface area contributed by atoms with E-state index in [2.05, 4.69) is 4.98 Å². The molecule has 6 heteroatoms. The van der Waals surface area contributed by atoms with Crippen LogP contribution in [-0.4, -0.2) is 58.8 Å². The molecule has 0 aromatic carbocycles. The summed E-state index contributed by atoms with van der Waals surface area (Å²) in [5.41, 5.74) is 6.80. The average molecular weight is 330 g/mol. The van der Waals surface area contributed by atoms with E-state index in [0.717, 1.165) is 37.9 Å². The van der Waals surface area contributed by atoms with Gasteiger partial charge in [-0.25, -0.2) is 0 Å². The summed E-state index contributed by atoms with van der Waals surface area (Å²) in [4.78, 5) is 32.6. The largest absolute Gasteiger partial charge is 0.342 e. The van der Waals surface area contributed by atoms with Gasteiger partial charge < -0.3 is 15.5 Å². The summed E-state index contributed by atoms with van der Waals surface area (Å²) in [6.07, 6.45) is 7.15. The van der Waals surface area contributed by atoms with Crippen LogP contribution in [0, 0.1) is 5.92 Å². The topological polar surface area (TPSA) is 79.5 Å². The summed E-state index contributed by atoms with van der Waals surface area (Å²) in [6.45, 7) is 2.65. The Balaban J connectivity index is 1.54. The zero-order valence-corrected chi connectivity index (χ0v) is 14.1. The van der Waals surface area contributed by atoms with Gasteiger partial charge in [-0.3, -0.25) is 14.6 Å². The summed E-state index contributed by atoms with van der Waals surface area (Å²) in [6, 6.07) is 4.17. The summed E-state index contributed by atoms with van der Waals surface area (Å²) in [7, 11) is 0. The number of pyridine rings is 1. The third kappa shape index (κ3) is 3.75. The molecule has 2 amide bonds. The molecule has 1 aromatic heterocycles. The molecule has 2 N–H and O–H groups in total. The van der Waals surface area contributed by atoms with Crippen LogP contribution in [-0.2, 0) is 16.0 Å². The fourth-order valence-electron chi connectivity index (χ4n) is 3.97. The van der Waals surface area contributed by atoms with Gasteiger partial charge in [-0.05, 0) is 42.9 Å². The minimum absolute atomic E-state index is 0.215. The predicted molar refractivity (Wildman–Crippen MR) is 91.0 cm³/mol. The second kappa shape index (κ2) is 7.75. The average Bonchev–Trinajstić information content (AvgIpc) is 2.62. The molecule has 2 unspecified atom stereocenters. The van der Waals surface area contributed by atoms with E-state index in [9.17, 15) is 9.59 Å². The van der Waals surface area contributed by atoms with Gasteiger partial charge in [0.2, 0.25) is 11.8 Å². The Labute approximate surface area is 143 Å². The molecule has 130 valence electrons. The van der Waals surface area contributed by atoms with Gasteiger partial charge in [-0.1, -0.05) is 0 Å². The van der Waals surface area contributed by atoms with Gasteiger partial charge in [0.15, 0.2) is 0 Å². The Hall–Kier alpha value is -1.95. The number of fused-ring (bicyclic) bond motifs is 1. The summed E-state index contributed by atoms with van der Waals surface area (Å²) < 4.78 is 0. The molecule has 2 fully saturated rings. The standard InChI is InChI=1S/C18H26N4O2/c19-8-12-22-16-7-11-21(13-15(16)2-4-18(22)24)17(23)3-1-14-5-9-20-10-6-14/h5-6,9-10,15-16H,1-4,7-8,11-13,19H2. The molecular formula is C18H26N4O2. The number of nitrogens with zero attached hydrogens (tertiary/aromatic N) is 3. The van der Waals surface area contributed by atoms with Crippen LogP contribution >= 0.6 is 0 Å². The third-order valence-corrected chi connectivity index (χ3v) is 5.24. The number of aromatic nitrogens is 1. The number of aryl methyl sites for hydroxylation is 1. The molecule has 3 heterocycles. The molecule has 2 aliphatic heterocycles. The van der Waals surface area contributed by atoms with Crippen molar-refractivity contribution in [2.45, 2.75) is 38.1 Å². The van der Waals surface area contributed by atoms with Gasteiger partial charge in [0.1, 0.15) is 0 Å². The first kappa shape index (κ1) is 16.9. The summed E-state index contributed by atoms with van der Waals surface area (Å²) in [5.74, 6) is 0.833. The van der Waals surface area contributed by atoms with E-state index in [1.165, 1.54) is 0 Å². The van der Waals surface area contributed by atoms with E-state index in [1.807, 2.05) is 21.9 Å². The van der Waals surface area contributed by atoms with Crippen molar-refractivity contribution in [1.29, 1.82) is 0 Å². The van der Waals surface area contributed by atoms with Gasteiger partial charge in [-0.2, -0.15) is 0 Å². The summed E-state index contributed by atoms with van der Waals surface area (Å²) >= 11 is 0. The number of nitrogens with two attached hydrogens (primary N) is 1. The number of carbonyl (C=O) groups excluding carboxylic acids is 2. The molecule has 3 rings (SSSR count). The Kier molecular flexibility index (Phi) is 5.45. The zero-order valence-electron chi connectivity index (χ0n) is 14.1. The maximum atomic E-state index is 12.5. The first-order valence-electron chi connectivity index (χ1n) is 8.85. The van der Waals surface area contributed by atoms with E-state index >= 15 is 0 Å². The highest BCUT2D eigenvalue weighted by Gasteiger charge is 2.39. The van der Waals surface area contributed by atoms with Crippen molar-refractivity contribution in [3.63, 3.8) is 0 Å². The van der Waals surface area contributed by atoms with Crippen molar-refractivity contribution in [2.24, 2.45) is 11.7 Å². The van der Waals surface area contributed by atoms with Gasteiger partial charge >= 0.3 is 0 Å². The Morgan fingerprint density at radius 2 is 2.08 bits per heavy atom. The normalized spacial score (nSPS) is 24.0. The number of carbonyl (C=O) groups is 2. The van der Waals surface area contributed by atoms with Crippen molar-refractivity contribution < 1.29 is 9.59 Å². The molecule has 0 saturated carbocycles. The van der Waals surface area contributed by atoms with Crippen LogP contribution in [0.2, 0.25) is 0 Å². The lowest BCUT2D eigenvalue weighted by atomic mass is 9.83. The Morgan fingerprint density at radius 1 is 1.29 bits per heavy atom. The molecule has 24 heavy (non-hydrogen) atoms. The van der Waals surface area contributed by atoms with E-state index < -0.39 is 0 Å². The molecular weight excluding hydrogens is 304 g/mol. The number of hydrogen-bond donors (Lipinski definition) is 1. The van der Waals surface area contributed by atoms with Crippen LogP contribution in [0.25, 0.3) is 0 Å². The Bertz CT molecular complexity index is 578. The van der Waals surface area contributed by atoms with Crippen LogP contribution in [0.1, 0.15) is 31.2 Å². The number of likely N-dealkylation sites (tertiary alicyclic amines) is 2. The van der Waals surface area contributed by atoms with Crippen LogP contribution in [0.3, 0.4) is 0 Å². The predicted octanol–water partition coefficient (Wildman–Crippen LogP) is 0.812. The highest BCUT2D eigenvalue weighted by molar-refractivity contribution is 5.78. The van der Waals surface area contributed by atoms with Crippen LogP contribution < -0.4 is 5.73 Å².